The monoisotopic (exact) mass is 290 g/mol. The summed E-state index contributed by atoms with van der Waals surface area (Å²) < 4.78 is 0. The molecule has 5 heteroatoms. The van der Waals surface area contributed by atoms with Crippen LogP contribution in [0.25, 0.3) is 0 Å². The van der Waals surface area contributed by atoms with Gasteiger partial charge in [-0.1, -0.05) is 19.3 Å². The van der Waals surface area contributed by atoms with Crippen LogP contribution in [0.2, 0.25) is 0 Å². The van der Waals surface area contributed by atoms with Crippen LogP contribution in [0.3, 0.4) is 0 Å². The molecule has 5 nitrogen and oxygen atoms in total. The Morgan fingerprint density at radius 2 is 1.86 bits per heavy atom. The SMILES string of the molecule is Cc1cc(C)nc(NCCCC(=O)NC2CCCCC2)n1. The minimum atomic E-state index is 0.171. The lowest BCUT2D eigenvalue weighted by Gasteiger charge is -2.22. The van der Waals surface area contributed by atoms with Crippen molar-refractivity contribution in [2.24, 2.45) is 0 Å². The van der Waals surface area contributed by atoms with E-state index in [-0.39, 0.29) is 5.91 Å². The van der Waals surface area contributed by atoms with Crippen LogP contribution in [0, 0.1) is 13.8 Å². The lowest BCUT2D eigenvalue weighted by molar-refractivity contribution is -0.122. The van der Waals surface area contributed by atoms with E-state index < -0.39 is 0 Å². The highest BCUT2D eigenvalue weighted by Crippen LogP contribution is 2.17. The van der Waals surface area contributed by atoms with Gasteiger partial charge in [-0.2, -0.15) is 0 Å². The molecular weight excluding hydrogens is 264 g/mol. The summed E-state index contributed by atoms with van der Waals surface area (Å²) in [6.45, 7) is 4.63. The van der Waals surface area contributed by atoms with Crippen LogP contribution in [0.4, 0.5) is 5.95 Å². The molecule has 1 fully saturated rings. The lowest BCUT2D eigenvalue weighted by Crippen LogP contribution is -2.36. The summed E-state index contributed by atoms with van der Waals surface area (Å²) in [6.07, 6.45) is 7.45. The molecule has 1 aliphatic carbocycles. The molecule has 0 bridgehead atoms. The van der Waals surface area contributed by atoms with Gasteiger partial charge in [-0.05, 0) is 39.2 Å². The van der Waals surface area contributed by atoms with Crippen molar-refractivity contribution < 1.29 is 4.79 Å². The van der Waals surface area contributed by atoms with E-state index in [1.807, 2.05) is 19.9 Å². The number of carbonyl (C=O) groups is 1. The largest absolute Gasteiger partial charge is 0.354 e. The van der Waals surface area contributed by atoms with Gasteiger partial charge < -0.3 is 10.6 Å². The maximum atomic E-state index is 11.9. The van der Waals surface area contributed by atoms with Crippen molar-refractivity contribution in [1.29, 1.82) is 0 Å². The number of aryl methyl sites for hydroxylation is 2. The van der Waals surface area contributed by atoms with Gasteiger partial charge in [-0.15, -0.1) is 0 Å². The molecule has 1 aromatic rings. The molecule has 21 heavy (non-hydrogen) atoms. The highest BCUT2D eigenvalue weighted by Gasteiger charge is 2.15. The number of nitrogens with zero attached hydrogens (tertiary/aromatic N) is 2. The molecule has 2 N–H and O–H groups in total. The summed E-state index contributed by atoms with van der Waals surface area (Å²) in [5.41, 5.74) is 1.92. The summed E-state index contributed by atoms with van der Waals surface area (Å²) >= 11 is 0. The first-order valence-corrected chi connectivity index (χ1v) is 7.99. The normalized spacial score (nSPS) is 15.7. The molecule has 1 amide bonds. The van der Waals surface area contributed by atoms with Gasteiger partial charge in [0.2, 0.25) is 11.9 Å². The fourth-order valence-corrected chi connectivity index (χ4v) is 2.80. The van der Waals surface area contributed by atoms with Gasteiger partial charge in [0, 0.05) is 30.4 Å². The Bertz CT molecular complexity index is 449. The van der Waals surface area contributed by atoms with E-state index in [9.17, 15) is 4.79 Å². The molecule has 2 rings (SSSR count). The third-order valence-electron chi connectivity index (χ3n) is 3.82. The van der Waals surface area contributed by atoms with Crippen molar-refractivity contribution in [3.05, 3.63) is 17.5 Å². The van der Waals surface area contributed by atoms with Crippen molar-refractivity contribution in [1.82, 2.24) is 15.3 Å². The van der Waals surface area contributed by atoms with E-state index in [0.29, 0.717) is 18.4 Å². The van der Waals surface area contributed by atoms with Gasteiger partial charge >= 0.3 is 0 Å². The minimum absolute atomic E-state index is 0.171. The Balaban J connectivity index is 1.63. The topological polar surface area (TPSA) is 66.9 Å². The summed E-state index contributed by atoms with van der Waals surface area (Å²) in [7, 11) is 0. The van der Waals surface area contributed by atoms with Gasteiger partial charge in [0.15, 0.2) is 0 Å². The number of amides is 1. The van der Waals surface area contributed by atoms with Crippen LogP contribution in [-0.4, -0.2) is 28.5 Å². The number of carbonyl (C=O) groups excluding carboxylic acids is 1. The Labute approximate surface area is 127 Å². The Hall–Kier alpha value is -1.65. The zero-order valence-electron chi connectivity index (χ0n) is 13.1. The van der Waals surface area contributed by atoms with Gasteiger partial charge in [-0.25, -0.2) is 9.97 Å². The molecule has 0 aromatic carbocycles. The van der Waals surface area contributed by atoms with Crippen LogP contribution in [0.1, 0.15) is 56.3 Å². The maximum Gasteiger partial charge on any atom is 0.223 e. The Kier molecular flexibility index (Phi) is 5.96. The van der Waals surface area contributed by atoms with Crippen LogP contribution in [-0.2, 0) is 4.79 Å². The highest BCUT2D eigenvalue weighted by atomic mass is 16.1. The average molecular weight is 290 g/mol. The standard InChI is InChI=1S/C16H26N4O/c1-12-11-13(2)19-16(18-12)17-10-6-9-15(21)20-14-7-4-3-5-8-14/h11,14H,3-10H2,1-2H3,(H,20,21)(H,17,18,19). The fourth-order valence-electron chi connectivity index (χ4n) is 2.80. The quantitative estimate of drug-likeness (QED) is 0.791. The Morgan fingerprint density at radius 1 is 1.19 bits per heavy atom. The molecule has 116 valence electrons. The maximum absolute atomic E-state index is 11.9. The van der Waals surface area contributed by atoms with Crippen molar-refractivity contribution in [2.75, 3.05) is 11.9 Å². The van der Waals surface area contributed by atoms with E-state index in [1.54, 1.807) is 0 Å². The first-order chi connectivity index (χ1) is 10.1. The molecule has 1 saturated carbocycles. The summed E-state index contributed by atoms with van der Waals surface area (Å²) in [6, 6.07) is 2.35. The predicted octanol–water partition coefficient (Wildman–Crippen LogP) is 2.73. The van der Waals surface area contributed by atoms with Gasteiger partial charge in [0.05, 0.1) is 0 Å². The van der Waals surface area contributed by atoms with E-state index in [4.69, 9.17) is 0 Å². The van der Waals surface area contributed by atoms with E-state index >= 15 is 0 Å². The predicted molar refractivity (Wildman–Crippen MR) is 84.2 cm³/mol. The van der Waals surface area contributed by atoms with Crippen molar-refractivity contribution in [3.8, 4) is 0 Å². The number of anilines is 1. The second-order valence-corrected chi connectivity index (χ2v) is 5.91. The molecule has 1 aliphatic rings. The molecule has 0 radical (unpaired) electrons. The first kappa shape index (κ1) is 15.7. The second kappa shape index (κ2) is 7.96. The molecule has 0 aliphatic heterocycles. The first-order valence-electron chi connectivity index (χ1n) is 7.99. The van der Waals surface area contributed by atoms with Crippen molar-refractivity contribution in [2.45, 2.75) is 64.8 Å². The smallest absolute Gasteiger partial charge is 0.223 e. The molecule has 0 saturated heterocycles. The van der Waals surface area contributed by atoms with Crippen LogP contribution >= 0.6 is 0 Å². The van der Waals surface area contributed by atoms with E-state index in [2.05, 4.69) is 20.6 Å². The van der Waals surface area contributed by atoms with Crippen molar-refractivity contribution >= 4 is 11.9 Å². The summed E-state index contributed by atoms with van der Waals surface area (Å²) in [5, 5.41) is 6.32. The fraction of sp³-hybridized carbons (Fsp3) is 0.688. The molecule has 0 spiro atoms. The van der Waals surface area contributed by atoms with E-state index in [0.717, 1.165) is 37.2 Å². The molecule has 0 atom stereocenters. The van der Waals surface area contributed by atoms with Crippen LogP contribution < -0.4 is 10.6 Å². The van der Waals surface area contributed by atoms with Crippen LogP contribution in [0.5, 0.6) is 0 Å². The zero-order valence-corrected chi connectivity index (χ0v) is 13.1. The number of nitrogens with one attached hydrogen (secondary N) is 2. The molecule has 1 aromatic heterocycles. The molecule has 0 unspecified atom stereocenters. The third kappa shape index (κ3) is 5.69. The summed E-state index contributed by atoms with van der Waals surface area (Å²) in [4.78, 5) is 20.5. The zero-order chi connectivity index (χ0) is 15.1. The van der Waals surface area contributed by atoms with Gasteiger partial charge in [-0.3, -0.25) is 4.79 Å². The van der Waals surface area contributed by atoms with Crippen LogP contribution in [0.15, 0.2) is 6.07 Å². The number of rotatable bonds is 6. The Morgan fingerprint density at radius 3 is 2.52 bits per heavy atom. The van der Waals surface area contributed by atoms with Gasteiger partial charge in [0.25, 0.3) is 0 Å². The van der Waals surface area contributed by atoms with Gasteiger partial charge in [0.1, 0.15) is 0 Å². The molecular formula is C16H26N4O. The summed E-state index contributed by atoms with van der Waals surface area (Å²) in [5.74, 6) is 0.824. The lowest BCUT2D eigenvalue weighted by atomic mass is 9.95. The van der Waals surface area contributed by atoms with Crippen molar-refractivity contribution in [3.63, 3.8) is 0 Å². The minimum Gasteiger partial charge on any atom is -0.354 e. The number of hydrogen-bond donors (Lipinski definition) is 2. The number of hydrogen-bond acceptors (Lipinski definition) is 4. The highest BCUT2D eigenvalue weighted by molar-refractivity contribution is 5.76. The number of aromatic nitrogens is 2. The van der Waals surface area contributed by atoms with E-state index in [1.165, 1.54) is 19.3 Å². The average Bonchev–Trinajstić information content (AvgIpc) is 2.44. The third-order valence-corrected chi connectivity index (χ3v) is 3.82. The second-order valence-electron chi connectivity index (χ2n) is 5.91. The molecule has 1 heterocycles.